The van der Waals surface area contributed by atoms with E-state index in [4.69, 9.17) is 42.1 Å². The summed E-state index contributed by atoms with van der Waals surface area (Å²) in [4.78, 5) is 41.0. The van der Waals surface area contributed by atoms with E-state index in [-0.39, 0.29) is 63.0 Å². The number of aldehydes is 1. The van der Waals surface area contributed by atoms with Crippen molar-refractivity contribution in [2.45, 2.75) is 64.4 Å². The van der Waals surface area contributed by atoms with Gasteiger partial charge in [0.1, 0.15) is 50.4 Å². The third-order valence-corrected chi connectivity index (χ3v) is 12.5. The lowest BCUT2D eigenvalue weighted by Crippen LogP contribution is -2.52. The summed E-state index contributed by atoms with van der Waals surface area (Å²) >= 11 is 21.2. The minimum Gasteiger partial charge on any atom is -0.480 e. The van der Waals surface area contributed by atoms with Gasteiger partial charge < -0.3 is 39.1 Å². The number of nitrogens with one attached hydrogen (secondary N) is 2. The van der Waals surface area contributed by atoms with Crippen LogP contribution >= 0.6 is 55.1 Å². The summed E-state index contributed by atoms with van der Waals surface area (Å²) in [6.45, 7) is 1.75. The second-order valence-corrected chi connectivity index (χ2v) is 18.2. The summed E-state index contributed by atoms with van der Waals surface area (Å²) in [5.41, 5.74) is 2.42. The van der Waals surface area contributed by atoms with Crippen molar-refractivity contribution in [2.24, 2.45) is 0 Å². The van der Waals surface area contributed by atoms with Crippen LogP contribution in [-0.2, 0) is 49.1 Å². The first-order valence-electron chi connectivity index (χ1n) is 20.7. The number of aliphatic hydroxyl groups is 2. The van der Waals surface area contributed by atoms with E-state index in [0.717, 1.165) is 0 Å². The van der Waals surface area contributed by atoms with E-state index in [0.29, 0.717) is 80.9 Å². The van der Waals surface area contributed by atoms with Crippen LogP contribution in [0.2, 0.25) is 10.0 Å². The van der Waals surface area contributed by atoms with Crippen LogP contribution in [0.25, 0.3) is 11.1 Å². The first-order valence-corrected chi connectivity index (χ1v) is 23.0. The van der Waals surface area contributed by atoms with Crippen LogP contribution in [0.1, 0.15) is 58.4 Å². The van der Waals surface area contributed by atoms with Crippen LogP contribution in [0.3, 0.4) is 0 Å². The van der Waals surface area contributed by atoms with E-state index in [9.17, 15) is 35.4 Å². The number of aliphatic carboxylic acids is 1. The molecule has 0 fully saturated rings. The van der Waals surface area contributed by atoms with E-state index < -0.39 is 30.3 Å². The Balaban J connectivity index is 1.21. The SMILES string of the molecule is C[C@](C=O)(CO)NCc1cc(Br)c(OCc2cccc(-c3cccc(COc4nc(OCc5cncc(C#N)c5)c(CN[C@](C)(CO)C(=O)O)cc4Br)c3Cl)c2Cl)nc1OCc1cncc(C#N)c1. The Morgan fingerprint density at radius 1 is 0.681 bits per heavy atom. The molecule has 0 aliphatic rings. The molecule has 0 bridgehead atoms. The average Bonchev–Trinajstić information content (AvgIpc) is 3.36. The molecule has 0 aliphatic heterocycles. The van der Waals surface area contributed by atoms with E-state index in [1.807, 2.05) is 24.3 Å². The highest BCUT2D eigenvalue weighted by atomic mass is 79.9. The van der Waals surface area contributed by atoms with Crippen LogP contribution in [0.4, 0.5) is 0 Å². The van der Waals surface area contributed by atoms with Gasteiger partial charge in [-0.2, -0.15) is 20.5 Å². The third-order valence-electron chi connectivity index (χ3n) is 10.5. The topological polar surface area (TPSA) is 255 Å². The van der Waals surface area contributed by atoms with Crippen LogP contribution in [0, 0.1) is 22.7 Å². The van der Waals surface area contributed by atoms with Gasteiger partial charge in [-0.25, -0.2) is 0 Å². The molecule has 0 amide bonds. The number of carbonyl (C=O) groups is 2. The molecule has 356 valence electrons. The molecule has 5 N–H and O–H groups in total. The Hall–Kier alpha value is -6.26. The van der Waals surface area contributed by atoms with E-state index >= 15 is 0 Å². The van der Waals surface area contributed by atoms with Crippen LogP contribution < -0.4 is 29.6 Å². The molecule has 0 saturated carbocycles. The number of benzene rings is 2. The number of aromatic nitrogens is 4. The molecule has 2 aromatic carbocycles. The summed E-state index contributed by atoms with van der Waals surface area (Å²) in [7, 11) is 0. The molecule has 0 aliphatic carbocycles. The molecule has 6 aromatic rings. The Kier molecular flexibility index (Phi) is 18.0. The number of carboxylic acid groups (broad SMARTS) is 1. The molecule has 69 heavy (non-hydrogen) atoms. The molecule has 6 rings (SSSR count). The summed E-state index contributed by atoms with van der Waals surface area (Å²) in [6.07, 6.45) is 6.59. The summed E-state index contributed by atoms with van der Waals surface area (Å²) in [5, 5.41) is 54.6. The molecule has 17 nitrogen and oxygen atoms in total. The predicted molar refractivity (Wildman–Crippen MR) is 259 cm³/mol. The van der Waals surface area contributed by atoms with Crippen molar-refractivity contribution in [1.29, 1.82) is 10.5 Å². The Bertz CT molecular complexity index is 2940. The molecular weight excluding hydrogens is 1060 g/mol. The number of carboxylic acids is 1. The van der Waals surface area contributed by atoms with Gasteiger partial charge in [-0.1, -0.05) is 59.6 Å². The number of nitriles is 2. The van der Waals surface area contributed by atoms with Gasteiger partial charge in [0.2, 0.25) is 23.5 Å². The number of pyridine rings is 4. The molecule has 0 unspecified atom stereocenters. The Morgan fingerprint density at radius 3 is 1.54 bits per heavy atom. The summed E-state index contributed by atoms with van der Waals surface area (Å²) in [6, 6.07) is 21.6. The lowest BCUT2D eigenvalue weighted by atomic mass is 10.0. The van der Waals surface area contributed by atoms with Gasteiger partial charge in [-0.3, -0.25) is 25.4 Å². The molecule has 0 radical (unpaired) electrons. The largest absolute Gasteiger partial charge is 0.480 e. The molecular formula is C48H42Br2Cl2N8O9. The quantitative estimate of drug-likeness (QED) is 0.0384. The van der Waals surface area contributed by atoms with Crippen molar-refractivity contribution < 1.29 is 43.9 Å². The van der Waals surface area contributed by atoms with Gasteiger partial charge in [0.05, 0.1) is 48.9 Å². The van der Waals surface area contributed by atoms with Gasteiger partial charge in [0.15, 0.2) is 0 Å². The number of hydrogen-bond donors (Lipinski definition) is 5. The van der Waals surface area contributed by atoms with Crippen molar-refractivity contribution in [3.05, 3.63) is 149 Å². The number of nitrogens with zero attached hydrogens (tertiary/aromatic N) is 6. The fourth-order valence-corrected chi connectivity index (χ4v) is 7.79. The predicted octanol–water partition coefficient (Wildman–Crippen LogP) is 7.79. The zero-order valence-corrected chi connectivity index (χ0v) is 41.5. The fraction of sp³-hybridized carbons (Fsp3) is 0.250. The van der Waals surface area contributed by atoms with Crippen LogP contribution in [-0.4, -0.2) is 71.8 Å². The number of carbonyl (C=O) groups excluding carboxylic acids is 1. The van der Waals surface area contributed by atoms with Gasteiger partial charge >= 0.3 is 5.97 Å². The maximum absolute atomic E-state index is 11.9. The van der Waals surface area contributed by atoms with E-state index in [2.05, 4.69) is 68.5 Å². The van der Waals surface area contributed by atoms with Crippen LogP contribution in [0.15, 0.2) is 94.4 Å². The second kappa shape index (κ2) is 23.8. The minimum absolute atomic E-state index is 0.0147. The number of ether oxygens (including phenoxy) is 4. The maximum Gasteiger partial charge on any atom is 0.326 e. The van der Waals surface area contributed by atoms with Gasteiger partial charge in [0, 0.05) is 82.4 Å². The van der Waals surface area contributed by atoms with Crippen molar-refractivity contribution in [1.82, 2.24) is 30.6 Å². The number of rotatable bonds is 23. The minimum atomic E-state index is -1.66. The van der Waals surface area contributed by atoms with Crippen molar-refractivity contribution in [3.8, 4) is 46.8 Å². The van der Waals surface area contributed by atoms with Gasteiger partial charge in [-0.05, 0) is 70.0 Å². The first kappa shape index (κ1) is 52.1. The van der Waals surface area contributed by atoms with Crippen molar-refractivity contribution in [3.63, 3.8) is 0 Å². The van der Waals surface area contributed by atoms with E-state index in [1.54, 1.807) is 61.8 Å². The summed E-state index contributed by atoms with van der Waals surface area (Å²) < 4.78 is 25.5. The number of halogens is 4. The first-order chi connectivity index (χ1) is 33.1. The zero-order valence-electron chi connectivity index (χ0n) is 36.8. The Morgan fingerprint density at radius 2 is 1.13 bits per heavy atom. The molecule has 4 aromatic heterocycles. The lowest BCUT2D eigenvalue weighted by molar-refractivity contribution is -0.146. The molecule has 0 saturated heterocycles. The van der Waals surface area contributed by atoms with Crippen LogP contribution in [0.5, 0.6) is 23.5 Å². The fourth-order valence-electron chi connectivity index (χ4n) is 6.26. The molecule has 2 atom stereocenters. The highest BCUT2D eigenvalue weighted by molar-refractivity contribution is 9.10. The third kappa shape index (κ3) is 13.3. The summed E-state index contributed by atoms with van der Waals surface area (Å²) in [5.74, 6) is -0.688. The molecule has 21 heteroatoms. The highest BCUT2D eigenvalue weighted by Gasteiger charge is 2.32. The monoisotopic (exact) mass is 1100 g/mol. The average molecular weight is 1110 g/mol. The smallest absolute Gasteiger partial charge is 0.326 e. The second-order valence-electron chi connectivity index (χ2n) is 15.8. The zero-order chi connectivity index (χ0) is 49.7. The highest BCUT2D eigenvalue weighted by Crippen LogP contribution is 2.39. The van der Waals surface area contributed by atoms with Gasteiger partial charge in [0.25, 0.3) is 0 Å². The van der Waals surface area contributed by atoms with Crippen molar-refractivity contribution in [2.75, 3.05) is 13.2 Å². The number of aliphatic hydroxyl groups excluding tert-OH is 2. The number of hydrogen-bond acceptors (Lipinski definition) is 16. The maximum atomic E-state index is 11.9. The van der Waals surface area contributed by atoms with Gasteiger partial charge in [-0.15, -0.1) is 0 Å². The standard InChI is InChI=1S/C48H42Br2Cl2N8O9/c1-47(25-61,26-62)57-19-34-11-38(49)44(59-42(34)66-21-30-9-28(13-53)15-55-17-30)68-23-32-5-3-7-36(40(32)51)37-8-4-6-33(41(37)52)24-69-45-39(50)12-35(20-58-48(2,27-63)46(64)65)43(60-45)67-22-31-10-29(14-54)16-56-18-31/h3-12,15-18,25,57-58,62-63H,19-24,26-27H2,1-2H3,(H,64,65)/t47-,48+/m0/s1. The normalized spacial score (nSPS) is 12.7. The molecule has 0 spiro atoms. The van der Waals surface area contributed by atoms with E-state index in [1.165, 1.54) is 19.3 Å². The lowest BCUT2D eigenvalue weighted by Gasteiger charge is -2.24. The Labute approximate surface area is 423 Å². The van der Waals surface area contributed by atoms with Crippen molar-refractivity contribution >= 4 is 67.3 Å². The molecule has 4 heterocycles.